The molecule has 0 atom stereocenters. The Balaban J connectivity index is 1.13. The molecule has 0 bridgehead atoms. The molecule has 62 heavy (non-hydrogen) atoms. The van der Waals surface area contributed by atoms with Gasteiger partial charge in [-0.05, 0) is 76.9 Å². The second-order valence-corrected chi connectivity index (χ2v) is 15.6. The van der Waals surface area contributed by atoms with Crippen LogP contribution in [0, 0.1) is 0 Å². The van der Waals surface area contributed by atoms with Gasteiger partial charge in [0.2, 0.25) is 0 Å². The molecule has 0 unspecified atom stereocenters. The van der Waals surface area contributed by atoms with Crippen LogP contribution >= 0.6 is 0 Å². The van der Waals surface area contributed by atoms with E-state index in [-0.39, 0.29) is 0 Å². The molecule has 3 aromatic heterocycles. The Kier molecular flexibility index (Phi) is 8.42. The molecule has 12 aromatic rings. The average Bonchev–Trinajstić information content (AvgIpc) is 3.87. The van der Waals surface area contributed by atoms with Crippen molar-refractivity contribution in [3.05, 3.63) is 224 Å². The van der Waals surface area contributed by atoms with E-state index in [0.717, 1.165) is 72.2 Å². The molecule has 0 N–H and O–H groups in total. The van der Waals surface area contributed by atoms with E-state index in [2.05, 4.69) is 234 Å². The first-order valence-electron chi connectivity index (χ1n) is 21.0. The SMILES string of the molecule is c1ccc(-c2cccc(-c3ccccc3-c3nc(-c4ccc5c6ccccc6n(-c6ccccc6)c5c4)nc(-c4cccc5c6ccccc6n(-c6ccccc6)c45)n3)c2)cc1. The predicted molar refractivity (Wildman–Crippen MR) is 256 cm³/mol. The molecule has 0 aliphatic carbocycles. The lowest BCUT2D eigenvalue weighted by molar-refractivity contribution is 1.07. The predicted octanol–water partition coefficient (Wildman–Crippen LogP) is 14.4. The number of hydrogen-bond acceptors (Lipinski definition) is 3. The molecule has 0 fully saturated rings. The van der Waals surface area contributed by atoms with Crippen LogP contribution in [0.5, 0.6) is 0 Å². The van der Waals surface area contributed by atoms with Crippen molar-refractivity contribution in [2.45, 2.75) is 0 Å². The van der Waals surface area contributed by atoms with Crippen LogP contribution in [0.15, 0.2) is 224 Å². The highest BCUT2D eigenvalue weighted by atomic mass is 15.1. The summed E-state index contributed by atoms with van der Waals surface area (Å²) < 4.78 is 4.68. The Morgan fingerprint density at radius 3 is 1.48 bits per heavy atom. The van der Waals surface area contributed by atoms with Crippen LogP contribution in [0.1, 0.15) is 0 Å². The summed E-state index contributed by atoms with van der Waals surface area (Å²) in [6, 6.07) is 79.1. The third-order valence-corrected chi connectivity index (χ3v) is 12.0. The van der Waals surface area contributed by atoms with E-state index in [9.17, 15) is 0 Å². The van der Waals surface area contributed by atoms with Gasteiger partial charge in [0.1, 0.15) is 0 Å². The summed E-state index contributed by atoms with van der Waals surface area (Å²) in [5, 5.41) is 4.67. The molecular weight excluding hydrogens is 755 g/mol. The molecule has 290 valence electrons. The molecule has 5 heteroatoms. The van der Waals surface area contributed by atoms with E-state index in [1.807, 2.05) is 0 Å². The summed E-state index contributed by atoms with van der Waals surface area (Å²) in [5.41, 5.74) is 13.8. The Hall–Kier alpha value is -8.41. The van der Waals surface area contributed by atoms with Crippen LogP contribution in [0.2, 0.25) is 0 Å². The molecule has 0 aliphatic rings. The maximum Gasteiger partial charge on any atom is 0.166 e. The topological polar surface area (TPSA) is 48.5 Å². The molecule has 3 heterocycles. The van der Waals surface area contributed by atoms with Crippen LogP contribution in [0.25, 0.3) is 111 Å². The normalized spacial score (nSPS) is 11.5. The molecular formula is C57H37N5. The quantitative estimate of drug-likeness (QED) is 0.162. The zero-order chi connectivity index (χ0) is 41.0. The minimum Gasteiger partial charge on any atom is -0.309 e. The van der Waals surface area contributed by atoms with Gasteiger partial charge in [-0.15, -0.1) is 0 Å². The standard InChI is InChI=1S/C57H37N5/c1-4-18-38(19-5-1)39-20-16-21-40(36-39)44-26-10-11-29-49(44)56-58-55(41-34-35-47-45-27-12-14-32-51(45)61(53(47)37-41)42-22-6-2-7-23-42)59-57(60-56)50-31-17-30-48-46-28-13-15-33-52(46)62(54(48)50)43-24-8-3-9-25-43/h1-37H. The fraction of sp³-hybridized carbons (Fsp3) is 0. The zero-order valence-electron chi connectivity index (χ0n) is 33.6. The summed E-state index contributed by atoms with van der Waals surface area (Å²) >= 11 is 0. The van der Waals surface area contributed by atoms with Gasteiger partial charge < -0.3 is 9.13 Å². The van der Waals surface area contributed by atoms with Gasteiger partial charge in [-0.2, -0.15) is 0 Å². The lowest BCUT2D eigenvalue weighted by atomic mass is 9.95. The second-order valence-electron chi connectivity index (χ2n) is 15.6. The van der Waals surface area contributed by atoms with Gasteiger partial charge in [0.25, 0.3) is 0 Å². The van der Waals surface area contributed by atoms with Crippen molar-refractivity contribution in [1.82, 2.24) is 24.1 Å². The summed E-state index contributed by atoms with van der Waals surface area (Å²) in [4.78, 5) is 16.3. The summed E-state index contributed by atoms with van der Waals surface area (Å²) in [5.74, 6) is 1.81. The highest BCUT2D eigenvalue weighted by Crippen LogP contribution is 2.40. The molecule has 0 aliphatic heterocycles. The first-order chi connectivity index (χ1) is 30.8. The van der Waals surface area contributed by atoms with Crippen LogP contribution in [-0.4, -0.2) is 24.1 Å². The van der Waals surface area contributed by atoms with Gasteiger partial charge in [-0.1, -0.05) is 170 Å². The van der Waals surface area contributed by atoms with Crippen molar-refractivity contribution in [1.29, 1.82) is 0 Å². The maximum absolute atomic E-state index is 5.44. The Morgan fingerprint density at radius 1 is 0.258 bits per heavy atom. The number of fused-ring (bicyclic) bond motifs is 6. The number of aromatic nitrogens is 5. The molecule has 9 aromatic carbocycles. The minimum atomic E-state index is 0.601. The third-order valence-electron chi connectivity index (χ3n) is 12.0. The van der Waals surface area contributed by atoms with Gasteiger partial charge >= 0.3 is 0 Å². The average molecular weight is 792 g/mol. The lowest BCUT2D eigenvalue weighted by Gasteiger charge is -2.15. The van der Waals surface area contributed by atoms with Gasteiger partial charge in [-0.25, -0.2) is 15.0 Å². The van der Waals surface area contributed by atoms with E-state index in [0.29, 0.717) is 17.5 Å². The minimum absolute atomic E-state index is 0.601. The maximum atomic E-state index is 5.44. The van der Waals surface area contributed by atoms with Crippen LogP contribution < -0.4 is 0 Å². The van der Waals surface area contributed by atoms with Crippen LogP contribution in [0.3, 0.4) is 0 Å². The number of nitrogens with zero attached hydrogens (tertiary/aromatic N) is 5. The monoisotopic (exact) mass is 791 g/mol. The Morgan fingerprint density at radius 2 is 0.742 bits per heavy atom. The number of hydrogen-bond donors (Lipinski definition) is 0. The van der Waals surface area contributed by atoms with E-state index in [4.69, 9.17) is 15.0 Å². The zero-order valence-corrected chi connectivity index (χ0v) is 33.6. The van der Waals surface area contributed by atoms with Crippen molar-refractivity contribution < 1.29 is 0 Å². The fourth-order valence-corrected chi connectivity index (χ4v) is 9.18. The summed E-state index contributed by atoms with van der Waals surface area (Å²) in [6.45, 7) is 0. The van der Waals surface area contributed by atoms with Gasteiger partial charge in [0, 0.05) is 49.6 Å². The summed E-state index contributed by atoms with van der Waals surface area (Å²) in [6.07, 6.45) is 0. The highest BCUT2D eigenvalue weighted by molar-refractivity contribution is 6.14. The van der Waals surface area contributed by atoms with Crippen molar-refractivity contribution in [3.8, 4) is 67.8 Å². The Labute approximate surface area is 358 Å². The molecule has 0 saturated carbocycles. The smallest absolute Gasteiger partial charge is 0.166 e. The van der Waals surface area contributed by atoms with Gasteiger partial charge in [0.15, 0.2) is 17.5 Å². The van der Waals surface area contributed by atoms with Crippen LogP contribution in [0.4, 0.5) is 0 Å². The molecule has 0 spiro atoms. The molecule has 0 amide bonds. The number of para-hydroxylation sites is 5. The van der Waals surface area contributed by atoms with Crippen molar-refractivity contribution in [2.75, 3.05) is 0 Å². The van der Waals surface area contributed by atoms with E-state index >= 15 is 0 Å². The van der Waals surface area contributed by atoms with E-state index < -0.39 is 0 Å². The summed E-state index contributed by atoms with van der Waals surface area (Å²) in [7, 11) is 0. The largest absolute Gasteiger partial charge is 0.309 e. The molecule has 12 rings (SSSR count). The van der Waals surface area contributed by atoms with Gasteiger partial charge in [0.05, 0.1) is 22.1 Å². The first-order valence-corrected chi connectivity index (χ1v) is 21.0. The van der Waals surface area contributed by atoms with Crippen molar-refractivity contribution in [3.63, 3.8) is 0 Å². The van der Waals surface area contributed by atoms with Gasteiger partial charge in [-0.3, -0.25) is 0 Å². The third kappa shape index (κ3) is 5.90. The number of rotatable bonds is 7. The number of benzene rings is 9. The van der Waals surface area contributed by atoms with Crippen molar-refractivity contribution >= 4 is 43.6 Å². The first kappa shape index (κ1) is 35.5. The molecule has 0 saturated heterocycles. The van der Waals surface area contributed by atoms with E-state index in [1.165, 1.54) is 21.7 Å². The Bertz CT molecular complexity index is 3620. The van der Waals surface area contributed by atoms with Crippen molar-refractivity contribution in [2.24, 2.45) is 0 Å². The second kappa shape index (κ2) is 14.7. The van der Waals surface area contributed by atoms with E-state index in [1.54, 1.807) is 0 Å². The molecule has 5 nitrogen and oxygen atoms in total. The highest BCUT2D eigenvalue weighted by Gasteiger charge is 2.22. The molecule has 0 radical (unpaired) electrons. The van der Waals surface area contributed by atoms with Crippen LogP contribution in [-0.2, 0) is 0 Å². The fourth-order valence-electron chi connectivity index (χ4n) is 9.18. The lowest BCUT2D eigenvalue weighted by Crippen LogP contribution is -2.03.